The molecule has 0 aliphatic carbocycles. The van der Waals surface area contributed by atoms with Crippen LogP contribution in [0.1, 0.15) is 11.4 Å². The number of nitrogens with zero attached hydrogens (tertiary/aromatic N) is 4. The van der Waals surface area contributed by atoms with Crippen LogP contribution in [-0.2, 0) is 11.3 Å². The highest BCUT2D eigenvalue weighted by Crippen LogP contribution is 2.26. The van der Waals surface area contributed by atoms with Gasteiger partial charge in [0.1, 0.15) is 17.4 Å². The van der Waals surface area contributed by atoms with Gasteiger partial charge in [-0.3, -0.25) is 9.88 Å². The molecule has 144 valence electrons. The first kappa shape index (κ1) is 18.3. The van der Waals surface area contributed by atoms with E-state index < -0.39 is 0 Å². The Kier molecular flexibility index (Phi) is 5.45. The highest BCUT2D eigenvalue weighted by Gasteiger charge is 2.14. The van der Waals surface area contributed by atoms with Crippen molar-refractivity contribution in [2.75, 3.05) is 31.6 Å². The number of phenolic OH excluding ortho intramolecular Hbond substituents is 1. The molecule has 1 aromatic carbocycles. The summed E-state index contributed by atoms with van der Waals surface area (Å²) in [5.74, 6) is 1.65. The minimum atomic E-state index is 0.296. The molecule has 28 heavy (non-hydrogen) atoms. The third-order valence-corrected chi connectivity index (χ3v) is 4.61. The smallest absolute Gasteiger partial charge is 0.134 e. The van der Waals surface area contributed by atoms with Gasteiger partial charge in [0, 0.05) is 43.1 Å². The lowest BCUT2D eigenvalue weighted by Gasteiger charge is -2.27. The van der Waals surface area contributed by atoms with Crippen LogP contribution >= 0.6 is 0 Å². The van der Waals surface area contributed by atoms with E-state index in [1.807, 2.05) is 43.3 Å². The van der Waals surface area contributed by atoms with Gasteiger partial charge in [-0.2, -0.15) is 0 Å². The number of hydrogen-bond acceptors (Lipinski definition) is 7. The maximum atomic E-state index is 10.2. The number of rotatable bonds is 5. The first-order chi connectivity index (χ1) is 13.7. The first-order valence-corrected chi connectivity index (χ1v) is 9.33. The van der Waals surface area contributed by atoms with Crippen molar-refractivity contribution in [3.8, 4) is 17.1 Å². The summed E-state index contributed by atoms with van der Waals surface area (Å²) in [5.41, 5.74) is 3.31. The fourth-order valence-corrected chi connectivity index (χ4v) is 3.22. The van der Waals surface area contributed by atoms with Crippen LogP contribution in [0.25, 0.3) is 11.4 Å². The Morgan fingerprint density at radius 2 is 1.93 bits per heavy atom. The zero-order chi connectivity index (χ0) is 19.3. The van der Waals surface area contributed by atoms with Gasteiger partial charge < -0.3 is 15.2 Å². The van der Waals surface area contributed by atoms with Gasteiger partial charge in [-0.05, 0) is 37.3 Å². The molecule has 3 heterocycles. The monoisotopic (exact) mass is 377 g/mol. The topological polar surface area (TPSA) is 83.4 Å². The predicted molar refractivity (Wildman–Crippen MR) is 107 cm³/mol. The summed E-state index contributed by atoms with van der Waals surface area (Å²) in [4.78, 5) is 15.6. The number of phenols is 1. The molecule has 0 amide bonds. The molecule has 0 radical (unpaired) electrons. The lowest BCUT2D eigenvalue weighted by molar-refractivity contribution is 0.0339. The molecule has 3 aromatic rings. The third-order valence-electron chi connectivity index (χ3n) is 4.61. The molecule has 7 nitrogen and oxygen atoms in total. The van der Waals surface area contributed by atoms with Crippen LogP contribution < -0.4 is 5.32 Å². The van der Waals surface area contributed by atoms with Gasteiger partial charge in [0.15, 0.2) is 0 Å². The van der Waals surface area contributed by atoms with Crippen molar-refractivity contribution >= 4 is 11.5 Å². The molecule has 2 N–H and O–H groups in total. The van der Waals surface area contributed by atoms with Crippen molar-refractivity contribution in [2.24, 2.45) is 0 Å². The fraction of sp³-hybridized carbons (Fsp3) is 0.286. The highest BCUT2D eigenvalue weighted by molar-refractivity contribution is 5.64. The number of anilines is 2. The molecular formula is C21H23N5O2. The fourth-order valence-electron chi connectivity index (χ4n) is 3.22. The minimum Gasteiger partial charge on any atom is -0.508 e. The Hall–Kier alpha value is -3.03. The molecule has 0 bridgehead atoms. The average Bonchev–Trinajstić information content (AvgIpc) is 2.71. The van der Waals surface area contributed by atoms with E-state index in [2.05, 4.69) is 25.2 Å². The molecule has 0 saturated carbocycles. The Bertz CT molecular complexity index is 943. The highest BCUT2D eigenvalue weighted by atomic mass is 16.5. The Morgan fingerprint density at radius 3 is 2.71 bits per heavy atom. The number of pyridine rings is 1. The number of aromatic hydroxyl groups is 1. The zero-order valence-corrected chi connectivity index (χ0v) is 15.8. The van der Waals surface area contributed by atoms with Crippen LogP contribution in [0, 0.1) is 6.92 Å². The lowest BCUT2D eigenvalue weighted by atomic mass is 10.1. The van der Waals surface area contributed by atoms with Crippen molar-refractivity contribution in [1.29, 1.82) is 0 Å². The molecule has 0 spiro atoms. The minimum absolute atomic E-state index is 0.296. The van der Waals surface area contributed by atoms with Gasteiger partial charge >= 0.3 is 0 Å². The van der Waals surface area contributed by atoms with Gasteiger partial charge in [0.05, 0.1) is 24.6 Å². The van der Waals surface area contributed by atoms with E-state index in [0.717, 1.165) is 48.9 Å². The van der Waals surface area contributed by atoms with Crippen LogP contribution in [-0.4, -0.2) is 51.3 Å². The molecule has 1 aliphatic rings. The summed E-state index contributed by atoms with van der Waals surface area (Å²) < 4.78 is 5.39. The van der Waals surface area contributed by atoms with Gasteiger partial charge in [-0.25, -0.2) is 9.97 Å². The number of aryl methyl sites for hydroxylation is 1. The summed E-state index contributed by atoms with van der Waals surface area (Å²) in [6, 6.07) is 13.1. The van der Waals surface area contributed by atoms with Gasteiger partial charge in [-0.1, -0.05) is 6.07 Å². The SMILES string of the molecule is Cc1nc(Nc2ccc(O)c(CN3CCOCC3)c2)cc(-c2ccccn2)n1. The van der Waals surface area contributed by atoms with Gasteiger partial charge in [-0.15, -0.1) is 0 Å². The maximum Gasteiger partial charge on any atom is 0.134 e. The summed E-state index contributed by atoms with van der Waals surface area (Å²) in [6.45, 7) is 5.75. The molecule has 1 saturated heterocycles. The van der Waals surface area contributed by atoms with Crippen molar-refractivity contribution in [1.82, 2.24) is 19.9 Å². The average molecular weight is 377 g/mol. The molecule has 1 fully saturated rings. The van der Waals surface area contributed by atoms with Crippen LogP contribution in [0.5, 0.6) is 5.75 Å². The van der Waals surface area contributed by atoms with E-state index >= 15 is 0 Å². The number of nitrogens with one attached hydrogen (secondary N) is 1. The van der Waals surface area contributed by atoms with Crippen LogP contribution in [0.3, 0.4) is 0 Å². The van der Waals surface area contributed by atoms with Crippen LogP contribution in [0.2, 0.25) is 0 Å². The second kappa shape index (κ2) is 8.33. The zero-order valence-electron chi connectivity index (χ0n) is 15.8. The Labute approximate surface area is 164 Å². The van der Waals surface area contributed by atoms with Crippen LogP contribution in [0.15, 0.2) is 48.7 Å². The Morgan fingerprint density at radius 1 is 1.07 bits per heavy atom. The van der Waals surface area contributed by atoms with Crippen LogP contribution in [0.4, 0.5) is 11.5 Å². The molecule has 0 atom stereocenters. The van der Waals surface area contributed by atoms with E-state index in [1.54, 1.807) is 12.3 Å². The van der Waals surface area contributed by atoms with Crippen molar-refractivity contribution < 1.29 is 9.84 Å². The van der Waals surface area contributed by atoms with Gasteiger partial charge in [0.25, 0.3) is 0 Å². The van der Waals surface area contributed by atoms with Gasteiger partial charge in [0.2, 0.25) is 0 Å². The molecule has 0 unspecified atom stereocenters. The molecule has 4 rings (SSSR count). The third kappa shape index (κ3) is 4.44. The largest absolute Gasteiger partial charge is 0.508 e. The van der Waals surface area contributed by atoms with E-state index in [4.69, 9.17) is 4.74 Å². The number of benzene rings is 1. The number of hydrogen-bond donors (Lipinski definition) is 2. The number of aromatic nitrogens is 3. The Balaban J connectivity index is 1.55. The van der Waals surface area contributed by atoms with E-state index in [9.17, 15) is 5.11 Å². The first-order valence-electron chi connectivity index (χ1n) is 9.33. The normalized spacial score (nSPS) is 14.8. The van der Waals surface area contributed by atoms with E-state index in [0.29, 0.717) is 23.9 Å². The summed E-state index contributed by atoms with van der Waals surface area (Å²) in [5, 5.41) is 13.6. The quantitative estimate of drug-likeness (QED) is 0.661. The summed E-state index contributed by atoms with van der Waals surface area (Å²) in [7, 11) is 0. The maximum absolute atomic E-state index is 10.2. The molecule has 7 heteroatoms. The van der Waals surface area contributed by atoms with Crippen molar-refractivity contribution in [3.05, 3.63) is 60.0 Å². The second-order valence-electron chi connectivity index (χ2n) is 6.76. The molecule has 2 aromatic heterocycles. The number of morpholine rings is 1. The molecule has 1 aliphatic heterocycles. The summed E-state index contributed by atoms with van der Waals surface area (Å²) >= 11 is 0. The number of ether oxygens (including phenoxy) is 1. The van der Waals surface area contributed by atoms with Crippen molar-refractivity contribution in [2.45, 2.75) is 13.5 Å². The predicted octanol–water partition coefficient (Wildman–Crippen LogP) is 3.13. The van der Waals surface area contributed by atoms with Crippen molar-refractivity contribution in [3.63, 3.8) is 0 Å². The van der Waals surface area contributed by atoms with E-state index in [-0.39, 0.29) is 0 Å². The molecular weight excluding hydrogens is 354 g/mol. The summed E-state index contributed by atoms with van der Waals surface area (Å²) in [6.07, 6.45) is 1.75. The standard InChI is InChI=1S/C21H23N5O2/c1-15-23-19(18-4-2-3-7-22-18)13-21(24-15)25-17-5-6-20(27)16(12-17)14-26-8-10-28-11-9-26/h2-7,12-13,27H,8-11,14H2,1H3,(H,23,24,25). The second-order valence-corrected chi connectivity index (χ2v) is 6.76. The lowest BCUT2D eigenvalue weighted by Crippen LogP contribution is -2.35. The van der Waals surface area contributed by atoms with E-state index in [1.165, 1.54) is 0 Å².